The van der Waals surface area contributed by atoms with E-state index in [0.29, 0.717) is 13.1 Å². The number of hydrogen-bond acceptors (Lipinski definition) is 2. The number of rotatable bonds is 5. The second-order valence-corrected chi connectivity index (χ2v) is 7.05. The van der Waals surface area contributed by atoms with Crippen LogP contribution < -0.4 is 16.2 Å². The Bertz CT molecular complexity index is 754. The number of aromatic nitrogens is 1. The van der Waals surface area contributed by atoms with Crippen molar-refractivity contribution in [2.24, 2.45) is 4.99 Å². The molecule has 1 aromatic heterocycles. The van der Waals surface area contributed by atoms with Crippen molar-refractivity contribution in [3.63, 3.8) is 0 Å². The van der Waals surface area contributed by atoms with Crippen molar-refractivity contribution in [3.8, 4) is 0 Å². The first-order valence-corrected chi connectivity index (χ1v) is 8.67. The maximum atomic E-state index is 11.8. The quantitative estimate of drug-likeness (QED) is 0.650. The Kier molecular flexibility index (Phi) is 6.39. The van der Waals surface area contributed by atoms with Crippen molar-refractivity contribution >= 4 is 5.96 Å². The molecule has 1 heterocycles. The van der Waals surface area contributed by atoms with E-state index >= 15 is 0 Å². The van der Waals surface area contributed by atoms with Gasteiger partial charge in [-0.15, -0.1) is 0 Å². The Morgan fingerprint density at radius 3 is 2.36 bits per heavy atom. The van der Waals surface area contributed by atoms with Crippen molar-refractivity contribution in [2.75, 3.05) is 6.54 Å². The molecule has 0 bridgehead atoms. The van der Waals surface area contributed by atoms with E-state index in [1.807, 2.05) is 6.07 Å². The molecule has 0 aliphatic carbocycles. The normalized spacial score (nSPS) is 12.1. The van der Waals surface area contributed by atoms with E-state index in [9.17, 15) is 4.79 Å². The Balaban J connectivity index is 2.03. The molecule has 2 aromatic rings. The largest absolute Gasteiger partial charge is 0.357 e. The number of nitrogens with one attached hydrogen (secondary N) is 2. The van der Waals surface area contributed by atoms with E-state index in [1.165, 1.54) is 0 Å². The highest BCUT2D eigenvalue weighted by Gasteiger charge is 2.11. The van der Waals surface area contributed by atoms with Crippen molar-refractivity contribution in [1.82, 2.24) is 15.2 Å². The van der Waals surface area contributed by atoms with Crippen LogP contribution in [0, 0.1) is 0 Å². The van der Waals surface area contributed by atoms with Crippen molar-refractivity contribution in [2.45, 2.75) is 46.3 Å². The third kappa shape index (κ3) is 6.45. The summed E-state index contributed by atoms with van der Waals surface area (Å²) in [4.78, 5) is 16.4. The van der Waals surface area contributed by atoms with Gasteiger partial charge in [0.1, 0.15) is 0 Å². The average Bonchev–Trinajstić information content (AvgIpc) is 2.55. The van der Waals surface area contributed by atoms with E-state index in [4.69, 9.17) is 0 Å². The van der Waals surface area contributed by atoms with Gasteiger partial charge in [0.25, 0.3) is 5.56 Å². The number of hydrogen-bond donors (Lipinski definition) is 2. The van der Waals surface area contributed by atoms with Gasteiger partial charge in [-0.25, -0.2) is 4.99 Å². The van der Waals surface area contributed by atoms with Crippen LogP contribution >= 0.6 is 0 Å². The summed E-state index contributed by atoms with van der Waals surface area (Å²) in [5.74, 6) is 0.815. The fraction of sp³-hybridized carbons (Fsp3) is 0.400. The minimum atomic E-state index is -0.0339. The van der Waals surface area contributed by atoms with Gasteiger partial charge in [-0.1, -0.05) is 30.3 Å². The van der Waals surface area contributed by atoms with Gasteiger partial charge < -0.3 is 15.2 Å². The van der Waals surface area contributed by atoms with Crippen LogP contribution in [0.5, 0.6) is 0 Å². The number of pyridine rings is 1. The summed E-state index contributed by atoms with van der Waals surface area (Å²) in [7, 11) is 0. The Morgan fingerprint density at radius 2 is 1.76 bits per heavy atom. The molecule has 0 fully saturated rings. The molecular weight excluding hydrogens is 312 g/mol. The first kappa shape index (κ1) is 18.8. The highest BCUT2D eigenvalue weighted by Crippen LogP contribution is 2.07. The van der Waals surface area contributed by atoms with Crippen LogP contribution in [0.3, 0.4) is 0 Å². The standard InChI is InChI=1S/C20H28N4O/c1-5-21-19(23-20(2,3)4)22-14-16-9-11-17(12-10-16)15-24-13-7-6-8-18(24)25/h6-13H,5,14-15H2,1-4H3,(H2,21,22,23). The van der Waals surface area contributed by atoms with Gasteiger partial charge in [0.2, 0.25) is 0 Å². The van der Waals surface area contributed by atoms with Crippen LogP contribution in [0.2, 0.25) is 0 Å². The van der Waals surface area contributed by atoms with Gasteiger partial charge in [-0.2, -0.15) is 0 Å². The number of aliphatic imine (C=N–C) groups is 1. The molecule has 5 heteroatoms. The SMILES string of the molecule is CCNC(=NCc1ccc(Cn2ccccc2=O)cc1)NC(C)(C)C. The predicted molar refractivity (Wildman–Crippen MR) is 104 cm³/mol. The van der Waals surface area contributed by atoms with Crippen LogP contribution in [-0.2, 0) is 13.1 Å². The highest BCUT2D eigenvalue weighted by molar-refractivity contribution is 5.80. The minimum absolute atomic E-state index is 0.0136. The summed E-state index contributed by atoms with van der Waals surface area (Å²) in [5.41, 5.74) is 2.21. The molecule has 134 valence electrons. The average molecular weight is 340 g/mol. The second kappa shape index (κ2) is 8.51. The molecule has 5 nitrogen and oxygen atoms in total. The summed E-state index contributed by atoms with van der Waals surface area (Å²) >= 11 is 0. The fourth-order valence-corrected chi connectivity index (χ4v) is 2.37. The zero-order chi connectivity index (χ0) is 18.3. The number of benzene rings is 1. The summed E-state index contributed by atoms with van der Waals surface area (Å²) in [5, 5.41) is 6.64. The van der Waals surface area contributed by atoms with Crippen molar-refractivity contribution in [1.29, 1.82) is 0 Å². The fourth-order valence-electron chi connectivity index (χ4n) is 2.37. The summed E-state index contributed by atoms with van der Waals surface area (Å²) in [6.45, 7) is 10.4. The molecule has 0 spiro atoms. The molecule has 0 amide bonds. The van der Waals surface area contributed by atoms with Gasteiger partial charge in [0.15, 0.2) is 5.96 Å². The van der Waals surface area contributed by atoms with Crippen LogP contribution in [0.25, 0.3) is 0 Å². The molecule has 0 unspecified atom stereocenters. The first-order chi connectivity index (χ1) is 11.9. The van der Waals surface area contributed by atoms with Gasteiger partial charge in [0.05, 0.1) is 13.1 Å². The van der Waals surface area contributed by atoms with E-state index in [0.717, 1.165) is 23.6 Å². The lowest BCUT2D eigenvalue weighted by Gasteiger charge is -2.23. The van der Waals surface area contributed by atoms with Crippen molar-refractivity contribution < 1.29 is 0 Å². The Labute approximate surface area is 149 Å². The van der Waals surface area contributed by atoms with E-state index in [-0.39, 0.29) is 11.1 Å². The maximum Gasteiger partial charge on any atom is 0.250 e. The molecular formula is C20H28N4O. The molecule has 0 saturated heterocycles. The zero-order valence-electron chi connectivity index (χ0n) is 15.5. The van der Waals surface area contributed by atoms with E-state index < -0.39 is 0 Å². The van der Waals surface area contributed by atoms with Crippen LogP contribution in [-0.4, -0.2) is 22.6 Å². The summed E-state index contributed by atoms with van der Waals surface area (Å²) < 4.78 is 1.70. The third-order valence-corrected chi connectivity index (χ3v) is 3.53. The predicted octanol–water partition coefficient (Wildman–Crippen LogP) is 2.75. The third-order valence-electron chi connectivity index (χ3n) is 3.53. The van der Waals surface area contributed by atoms with Crippen molar-refractivity contribution in [3.05, 3.63) is 70.1 Å². The van der Waals surface area contributed by atoms with Crippen LogP contribution in [0.15, 0.2) is 58.4 Å². The van der Waals surface area contributed by atoms with E-state index in [2.05, 4.69) is 67.6 Å². The van der Waals surface area contributed by atoms with Crippen LogP contribution in [0.4, 0.5) is 0 Å². The monoisotopic (exact) mass is 340 g/mol. The first-order valence-electron chi connectivity index (χ1n) is 8.67. The van der Waals surface area contributed by atoms with Crippen LogP contribution in [0.1, 0.15) is 38.8 Å². The molecule has 25 heavy (non-hydrogen) atoms. The Morgan fingerprint density at radius 1 is 1.08 bits per heavy atom. The second-order valence-electron chi connectivity index (χ2n) is 7.05. The molecule has 0 aliphatic rings. The molecule has 0 atom stereocenters. The number of guanidine groups is 1. The molecule has 0 saturated carbocycles. The van der Waals surface area contributed by atoms with Gasteiger partial charge in [-0.05, 0) is 44.9 Å². The van der Waals surface area contributed by atoms with Gasteiger partial charge >= 0.3 is 0 Å². The number of nitrogens with zero attached hydrogens (tertiary/aromatic N) is 2. The summed E-state index contributed by atoms with van der Waals surface area (Å²) in [6.07, 6.45) is 1.81. The van der Waals surface area contributed by atoms with Gasteiger partial charge in [0, 0.05) is 24.3 Å². The van der Waals surface area contributed by atoms with E-state index in [1.54, 1.807) is 22.9 Å². The molecule has 0 aliphatic heterocycles. The Hall–Kier alpha value is -2.56. The summed E-state index contributed by atoms with van der Waals surface area (Å²) in [6, 6.07) is 13.4. The maximum absolute atomic E-state index is 11.8. The molecule has 1 aromatic carbocycles. The lowest BCUT2D eigenvalue weighted by Crippen LogP contribution is -2.47. The molecule has 2 N–H and O–H groups in total. The highest BCUT2D eigenvalue weighted by atomic mass is 16.1. The lowest BCUT2D eigenvalue weighted by atomic mass is 10.1. The topological polar surface area (TPSA) is 58.4 Å². The lowest BCUT2D eigenvalue weighted by molar-refractivity contribution is 0.501. The zero-order valence-corrected chi connectivity index (χ0v) is 15.5. The minimum Gasteiger partial charge on any atom is -0.357 e. The molecule has 0 radical (unpaired) electrons. The van der Waals surface area contributed by atoms with Gasteiger partial charge in [-0.3, -0.25) is 4.79 Å². The molecule has 2 rings (SSSR count). The smallest absolute Gasteiger partial charge is 0.250 e.